The van der Waals surface area contributed by atoms with Crippen molar-refractivity contribution in [3.8, 4) is 11.5 Å². The van der Waals surface area contributed by atoms with Gasteiger partial charge in [0.1, 0.15) is 0 Å². The van der Waals surface area contributed by atoms with E-state index in [-0.39, 0.29) is 5.54 Å². The lowest BCUT2D eigenvalue weighted by atomic mass is 9.76. The van der Waals surface area contributed by atoms with Gasteiger partial charge in [0.2, 0.25) is 6.79 Å². The summed E-state index contributed by atoms with van der Waals surface area (Å²) in [7, 11) is 0. The predicted molar refractivity (Wildman–Crippen MR) is 96.1 cm³/mol. The number of thiophene rings is 1. The molecule has 24 heavy (non-hydrogen) atoms. The second-order valence-electron chi connectivity index (χ2n) is 7.40. The average molecular weight is 341 g/mol. The molecular formula is C20H23NO2S. The van der Waals surface area contributed by atoms with E-state index in [1.54, 1.807) is 4.88 Å². The highest BCUT2D eigenvalue weighted by molar-refractivity contribution is 7.10. The minimum absolute atomic E-state index is 0.126. The summed E-state index contributed by atoms with van der Waals surface area (Å²) in [5.41, 5.74) is 2.98. The van der Waals surface area contributed by atoms with Crippen LogP contribution < -0.4 is 9.47 Å². The summed E-state index contributed by atoms with van der Waals surface area (Å²) in [6, 6.07) is 8.88. The van der Waals surface area contributed by atoms with Gasteiger partial charge in [0.25, 0.3) is 0 Å². The van der Waals surface area contributed by atoms with Gasteiger partial charge in [0, 0.05) is 28.4 Å². The largest absolute Gasteiger partial charge is 0.454 e. The first kappa shape index (κ1) is 14.8. The van der Waals surface area contributed by atoms with Gasteiger partial charge in [-0.05, 0) is 62.2 Å². The number of hydrogen-bond donors (Lipinski definition) is 0. The first-order valence-electron chi connectivity index (χ1n) is 8.96. The Morgan fingerprint density at radius 1 is 1.25 bits per heavy atom. The Balaban J connectivity index is 1.49. The first-order chi connectivity index (χ1) is 11.8. The highest BCUT2D eigenvalue weighted by atomic mass is 32.1. The van der Waals surface area contributed by atoms with Crippen LogP contribution in [0.5, 0.6) is 11.5 Å². The second-order valence-corrected chi connectivity index (χ2v) is 8.38. The number of benzene rings is 1. The van der Waals surface area contributed by atoms with E-state index in [4.69, 9.17) is 9.47 Å². The Morgan fingerprint density at radius 2 is 2.21 bits per heavy atom. The Labute approximate surface area is 147 Å². The molecule has 2 atom stereocenters. The van der Waals surface area contributed by atoms with Crippen LogP contribution in [0.25, 0.3) is 0 Å². The van der Waals surface area contributed by atoms with Crippen LogP contribution >= 0.6 is 11.3 Å². The molecular weight excluding hydrogens is 318 g/mol. The molecule has 1 aromatic heterocycles. The quantitative estimate of drug-likeness (QED) is 0.802. The zero-order valence-corrected chi connectivity index (χ0v) is 14.9. The number of fused-ring (bicyclic) bond motifs is 3. The van der Waals surface area contributed by atoms with Crippen molar-refractivity contribution in [2.75, 3.05) is 19.9 Å². The topological polar surface area (TPSA) is 21.7 Å². The van der Waals surface area contributed by atoms with Crippen molar-refractivity contribution in [1.82, 2.24) is 4.90 Å². The third kappa shape index (κ3) is 2.12. The molecule has 1 aromatic carbocycles. The summed E-state index contributed by atoms with van der Waals surface area (Å²) < 4.78 is 11.4. The van der Waals surface area contributed by atoms with Crippen molar-refractivity contribution in [2.45, 2.75) is 44.1 Å². The van der Waals surface area contributed by atoms with Crippen LogP contribution in [0.3, 0.4) is 0 Å². The molecule has 1 aliphatic carbocycles. The molecule has 0 radical (unpaired) electrons. The molecule has 126 valence electrons. The van der Waals surface area contributed by atoms with E-state index in [2.05, 4.69) is 41.5 Å². The van der Waals surface area contributed by atoms with Crippen LogP contribution in [0.2, 0.25) is 0 Å². The van der Waals surface area contributed by atoms with E-state index >= 15 is 0 Å². The number of likely N-dealkylation sites (tertiary alicyclic amines) is 1. The highest BCUT2D eigenvalue weighted by Gasteiger charge is 2.43. The first-order valence-corrected chi connectivity index (χ1v) is 9.84. The Bertz CT molecular complexity index is 757. The molecule has 2 aliphatic heterocycles. The normalized spacial score (nSPS) is 29.0. The van der Waals surface area contributed by atoms with Gasteiger partial charge in [-0.3, -0.25) is 4.90 Å². The maximum Gasteiger partial charge on any atom is 0.231 e. The van der Waals surface area contributed by atoms with Crippen molar-refractivity contribution in [2.24, 2.45) is 0 Å². The van der Waals surface area contributed by atoms with Crippen LogP contribution in [-0.2, 0) is 12.0 Å². The number of hydrogen-bond acceptors (Lipinski definition) is 4. The van der Waals surface area contributed by atoms with Gasteiger partial charge in [-0.2, -0.15) is 0 Å². The van der Waals surface area contributed by atoms with Gasteiger partial charge in [0.05, 0.1) is 0 Å². The summed E-state index contributed by atoms with van der Waals surface area (Å²) in [4.78, 5) is 4.26. The van der Waals surface area contributed by atoms with Crippen molar-refractivity contribution in [1.29, 1.82) is 0 Å². The van der Waals surface area contributed by atoms with Crippen molar-refractivity contribution in [3.05, 3.63) is 45.6 Å². The fraction of sp³-hybridized carbons (Fsp3) is 0.500. The Morgan fingerprint density at radius 3 is 3.08 bits per heavy atom. The maximum absolute atomic E-state index is 5.79. The number of ether oxygens (including phenoxy) is 2. The lowest BCUT2D eigenvalue weighted by Gasteiger charge is -2.43. The molecule has 3 heterocycles. The molecule has 3 nitrogen and oxygen atoms in total. The lowest BCUT2D eigenvalue weighted by molar-refractivity contribution is 0.110. The minimum Gasteiger partial charge on any atom is -0.454 e. The summed E-state index contributed by atoms with van der Waals surface area (Å²) in [6.07, 6.45) is 4.84. The van der Waals surface area contributed by atoms with Crippen LogP contribution in [0, 0.1) is 0 Å². The van der Waals surface area contributed by atoms with Gasteiger partial charge in [0.15, 0.2) is 11.5 Å². The van der Waals surface area contributed by atoms with Gasteiger partial charge >= 0.3 is 0 Å². The smallest absolute Gasteiger partial charge is 0.231 e. The molecule has 1 saturated heterocycles. The fourth-order valence-corrected chi connectivity index (χ4v) is 5.68. The maximum atomic E-state index is 5.79. The standard InChI is InChI=1S/C20H23NO2S/c1-20(21-10-8-14(12-21)18-5-3-11-24-18)9-2-4-15-16(20)6-7-17-19(15)23-13-22-17/h3,5-7,11,14H,2,4,8-10,12-13H2,1H3. The number of nitrogens with zero attached hydrogens (tertiary/aromatic N) is 1. The van der Waals surface area contributed by atoms with Crippen molar-refractivity contribution >= 4 is 11.3 Å². The highest BCUT2D eigenvalue weighted by Crippen LogP contribution is 2.49. The van der Waals surface area contributed by atoms with Crippen molar-refractivity contribution < 1.29 is 9.47 Å². The molecule has 0 N–H and O–H groups in total. The van der Waals surface area contributed by atoms with E-state index in [1.807, 2.05) is 11.3 Å². The van der Waals surface area contributed by atoms with E-state index in [0.717, 1.165) is 17.9 Å². The van der Waals surface area contributed by atoms with E-state index in [1.165, 1.54) is 43.5 Å². The fourth-order valence-electron chi connectivity index (χ4n) is 4.82. The minimum atomic E-state index is 0.126. The van der Waals surface area contributed by atoms with E-state index < -0.39 is 0 Å². The van der Waals surface area contributed by atoms with Gasteiger partial charge in [-0.25, -0.2) is 0 Å². The Hall–Kier alpha value is -1.52. The molecule has 2 unspecified atom stereocenters. The van der Waals surface area contributed by atoms with Crippen molar-refractivity contribution in [3.63, 3.8) is 0 Å². The molecule has 5 rings (SSSR count). The molecule has 3 aliphatic rings. The van der Waals surface area contributed by atoms with E-state index in [9.17, 15) is 0 Å². The molecule has 0 bridgehead atoms. The third-order valence-corrected chi connectivity index (χ3v) is 7.18. The van der Waals surface area contributed by atoms with Gasteiger partial charge in [-0.1, -0.05) is 12.1 Å². The zero-order valence-electron chi connectivity index (χ0n) is 14.1. The summed E-state index contributed by atoms with van der Waals surface area (Å²) in [5, 5.41) is 2.20. The molecule has 0 saturated carbocycles. The average Bonchev–Trinajstić information content (AvgIpc) is 3.34. The zero-order chi connectivity index (χ0) is 16.1. The lowest BCUT2D eigenvalue weighted by Crippen LogP contribution is -2.44. The summed E-state index contributed by atoms with van der Waals surface area (Å²) in [5.74, 6) is 2.63. The Kier molecular flexibility index (Phi) is 3.39. The summed E-state index contributed by atoms with van der Waals surface area (Å²) in [6.45, 7) is 5.16. The molecule has 0 spiro atoms. The summed E-state index contributed by atoms with van der Waals surface area (Å²) >= 11 is 1.91. The molecule has 0 amide bonds. The SMILES string of the molecule is CC1(N2CCC(c3cccs3)C2)CCCc2c1ccc1c2OCO1. The molecule has 1 fully saturated rings. The van der Waals surface area contributed by atoms with Crippen LogP contribution in [0.15, 0.2) is 29.6 Å². The van der Waals surface area contributed by atoms with Crippen LogP contribution in [0.4, 0.5) is 0 Å². The molecule has 4 heteroatoms. The monoisotopic (exact) mass is 341 g/mol. The van der Waals surface area contributed by atoms with Crippen LogP contribution in [-0.4, -0.2) is 24.8 Å². The predicted octanol–water partition coefficient (Wildman–Crippen LogP) is 4.52. The molecule has 2 aromatic rings. The number of rotatable bonds is 2. The van der Waals surface area contributed by atoms with Crippen LogP contribution in [0.1, 0.15) is 48.1 Å². The second kappa shape index (κ2) is 5.50. The van der Waals surface area contributed by atoms with Gasteiger partial charge in [-0.15, -0.1) is 11.3 Å². The van der Waals surface area contributed by atoms with E-state index in [0.29, 0.717) is 12.7 Å². The third-order valence-electron chi connectivity index (χ3n) is 6.14. The van der Waals surface area contributed by atoms with Gasteiger partial charge < -0.3 is 9.47 Å².